The zero-order valence-electron chi connectivity index (χ0n) is 9.06. The molecule has 0 bridgehead atoms. The number of hydrogen-bond donors (Lipinski definition) is 1. The Balaban J connectivity index is 2.52. The summed E-state index contributed by atoms with van der Waals surface area (Å²) >= 11 is 5.01. The van der Waals surface area contributed by atoms with Gasteiger partial charge >= 0.3 is 0 Å². The second kappa shape index (κ2) is 5.01. The fraction of sp³-hybridized carbons (Fsp3) is 0.0769. The van der Waals surface area contributed by atoms with Crippen molar-refractivity contribution in [2.75, 3.05) is 0 Å². The van der Waals surface area contributed by atoms with E-state index in [9.17, 15) is 4.39 Å². The maximum atomic E-state index is 12.9. The molecule has 0 saturated carbocycles. The van der Waals surface area contributed by atoms with E-state index in [-0.39, 0.29) is 5.82 Å². The minimum atomic E-state index is -0.260. The maximum absolute atomic E-state index is 12.9. The summed E-state index contributed by atoms with van der Waals surface area (Å²) in [5, 5.41) is 0. The van der Waals surface area contributed by atoms with Crippen LogP contribution in [0, 0.1) is 5.82 Å². The predicted molar refractivity (Wildman–Crippen MR) is 72.4 cm³/mol. The third-order valence-corrected chi connectivity index (χ3v) is 2.72. The van der Waals surface area contributed by atoms with Gasteiger partial charge in [-0.05, 0) is 29.7 Å². The fourth-order valence-electron chi connectivity index (χ4n) is 1.67. The van der Waals surface area contributed by atoms with Crippen molar-refractivity contribution in [2.45, 2.75) is 6.42 Å². The molecule has 0 unspecified atom stereocenters. The molecule has 1 aromatic rings. The van der Waals surface area contributed by atoms with E-state index in [0.717, 1.165) is 16.7 Å². The molecule has 0 atom stereocenters. The zero-order chi connectivity index (χ0) is 12.3. The number of nitrogens with zero attached hydrogens (tertiary/aromatic N) is 1. The van der Waals surface area contributed by atoms with Crippen LogP contribution in [0.4, 0.5) is 4.39 Å². The summed E-state index contributed by atoms with van der Waals surface area (Å²) < 4.78 is 12.9. The highest BCUT2D eigenvalue weighted by Crippen LogP contribution is 2.24. The molecule has 0 radical (unpaired) electrons. The Labute approximate surface area is 104 Å². The molecular weight excluding hydrogens is 235 g/mol. The SMILES string of the molecule is NC(=S)C1=C(c2ccc(F)cc2)CC=CN=C1. The van der Waals surface area contributed by atoms with Gasteiger partial charge in [-0.25, -0.2) is 4.39 Å². The van der Waals surface area contributed by atoms with Crippen molar-refractivity contribution in [1.82, 2.24) is 0 Å². The van der Waals surface area contributed by atoms with Crippen molar-refractivity contribution in [2.24, 2.45) is 10.7 Å². The first-order chi connectivity index (χ1) is 8.18. The molecule has 0 fully saturated rings. The van der Waals surface area contributed by atoms with Crippen LogP contribution in [0.1, 0.15) is 12.0 Å². The molecule has 0 saturated heterocycles. The van der Waals surface area contributed by atoms with E-state index < -0.39 is 0 Å². The lowest BCUT2D eigenvalue weighted by Gasteiger charge is -2.09. The largest absolute Gasteiger partial charge is 0.389 e. The van der Waals surface area contributed by atoms with Crippen LogP contribution in [0.25, 0.3) is 5.57 Å². The number of thiocarbonyl (C=S) groups is 1. The summed E-state index contributed by atoms with van der Waals surface area (Å²) in [6, 6.07) is 6.28. The van der Waals surface area contributed by atoms with E-state index in [1.807, 2.05) is 6.08 Å². The van der Waals surface area contributed by atoms with E-state index in [1.165, 1.54) is 12.1 Å². The average Bonchev–Trinajstić information content (AvgIpc) is 2.55. The Bertz CT molecular complexity index is 527. The lowest BCUT2D eigenvalue weighted by molar-refractivity contribution is 0.627. The fourth-order valence-corrected chi connectivity index (χ4v) is 1.85. The number of rotatable bonds is 2. The second-order valence-electron chi connectivity index (χ2n) is 3.63. The van der Waals surface area contributed by atoms with Gasteiger partial charge in [-0.15, -0.1) is 0 Å². The number of hydrogen-bond acceptors (Lipinski definition) is 2. The van der Waals surface area contributed by atoms with Gasteiger partial charge in [-0.3, -0.25) is 4.99 Å². The van der Waals surface area contributed by atoms with Crippen molar-refractivity contribution < 1.29 is 4.39 Å². The molecule has 1 aromatic carbocycles. The van der Waals surface area contributed by atoms with Gasteiger partial charge < -0.3 is 5.73 Å². The van der Waals surface area contributed by atoms with Gasteiger partial charge in [0.2, 0.25) is 0 Å². The lowest BCUT2D eigenvalue weighted by Crippen LogP contribution is -2.14. The topological polar surface area (TPSA) is 38.4 Å². The minimum absolute atomic E-state index is 0.260. The van der Waals surface area contributed by atoms with E-state index in [2.05, 4.69) is 4.99 Å². The molecule has 0 spiro atoms. The van der Waals surface area contributed by atoms with Crippen molar-refractivity contribution in [3.05, 3.63) is 53.5 Å². The first kappa shape index (κ1) is 11.7. The summed E-state index contributed by atoms with van der Waals surface area (Å²) in [7, 11) is 0. The van der Waals surface area contributed by atoms with Gasteiger partial charge in [0, 0.05) is 18.0 Å². The van der Waals surface area contributed by atoms with Crippen LogP contribution >= 0.6 is 12.2 Å². The van der Waals surface area contributed by atoms with E-state index in [1.54, 1.807) is 24.5 Å². The van der Waals surface area contributed by atoms with Crippen LogP contribution in [-0.4, -0.2) is 11.2 Å². The maximum Gasteiger partial charge on any atom is 0.123 e. The monoisotopic (exact) mass is 246 g/mol. The first-order valence-corrected chi connectivity index (χ1v) is 5.56. The lowest BCUT2D eigenvalue weighted by atomic mass is 9.97. The zero-order valence-corrected chi connectivity index (χ0v) is 9.88. The summed E-state index contributed by atoms with van der Waals surface area (Å²) in [5.41, 5.74) is 8.28. The molecule has 4 heteroatoms. The van der Waals surface area contributed by atoms with Gasteiger partial charge in [0.15, 0.2) is 0 Å². The molecule has 1 aliphatic rings. The van der Waals surface area contributed by atoms with Gasteiger partial charge in [-0.2, -0.15) is 0 Å². The summed E-state index contributed by atoms with van der Waals surface area (Å²) in [4.78, 5) is 4.36. The average molecular weight is 246 g/mol. The number of aliphatic imine (C=N–C) groups is 1. The van der Waals surface area contributed by atoms with E-state index >= 15 is 0 Å². The van der Waals surface area contributed by atoms with Gasteiger partial charge in [0.05, 0.1) is 0 Å². The highest BCUT2D eigenvalue weighted by atomic mass is 32.1. The second-order valence-corrected chi connectivity index (χ2v) is 4.07. The molecule has 0 aromatic heterocycles. The molecule has 86 valence electrons. The quantitative estimate of drug-likeness (QED) is 0.815. The smallest absolute Gasteiger partial charge is 0.123 e. The van der Waals surface area contributed by atoms with Crippen LogP contribution in [0.3, 0.4) is 0 Å². The standard InChI is InChI=1S/C13H11FN2S/c14-10-5-3-9(4-6-10)11-2-1-7-16-8-12(11)13(15)17/h1,3-8H,2H2,(H2,15,17). The van der Waals surface area contributed by atoms with Crippen LogP contribution in [0.2, 0.25) is 0 Å². The van der Waals surface area contributed by atoms with Crippen molar-refractivity contribution in [1.29, 1.82) is 0 Å². The Morgan fingerprint density at radius 3 is 2.65 bits per heavy atom. The van der Waals surface area contributed by atoms with Crippen LogP contribution in [-0.2, 0) is 0 Å². The number of benzene rings is 1. The Hall–Kier alpha value is -1.81. The summed E-state index contributed by atoms with van der Waals surface area (Å²) in [6.45, 7) is 0. The molecule has 0 amide bonds. The first-order valence-electron chi connectivity index (χ1n) is 5.15. The third kappa shape index (κ3) is 2.65. The normalized spacial score (nSPS) is 14.9. The van der Waals surface area contributed by atoms with E-state index in [4.69, 9.17) is 18.0 Å². The molecule has 2 nitrogen and oxygen atoms in total. The van der Waals surface area contributed by atoms with Crippen LogP contribution in [0.5, 0.6) is 0 Å². The van der Waals surface area contributed by atoms with Crippen LogP contribution in [0.15, 0.2) is 47.1 Å². The minimum Gasteiger partial charge on any atom is -0.389 e. The third-order valence-electron chi connectivity index (χ3n) is 2.50. The molecule has 1 aliphatic heterocycles. The van der Waals surface area contributed by atoms with Gasteiger partial charge in [-0.1, -0.05) is 30.4 Å². The van der Waals surface area contributed by atoms with E-state index in [0.29, 0.717) is 11.4 Å². The molecule has 0 aliphatic carbocycles. The Kier molecular flexibility index (Phi) is 3.44. The molecule has 17 heavy (non-hydrogen) atoms. The number of halogens is 1. The van der Waals surface area contributed by atoms with Gasteiger partial charge in [0.1, 0.15) is 10.8 Å². The molecule has 1 heterocycles. The number of nitrogens with two attached hydrogens (primary N) is 1. The Morgan fingerprint density at radius 2 is 2.00 bits per heavy atom. The molecular formula is C13H11FN2S. The highest BCUT2D eigenvalue weighted by Gasteiger charge is 2.10. The summed E-state index contributed by atoms with van der Waals surface area (Å²) in [5.74, 6) is -0.260. The molecule has 2 N–H and O–H groups in total. The van der Waals surface area contributed by atoms with Crippen molar-refractivity contribution >= 4 is 29.0 Å². The Morgan fingerprint density at radius 1 is 1.29 bits per heavy atom. The summed E-state index contributed by atoms with van der Waals surface area (Å²) in [6.07, 6.45) is 5.94. The van der Waals surface area contributed by atoms with Crippen molar-refractivity contribution in [3.63, 3.8) is 0 Å². The van der Waals surface area contributed by atoms with Gasteiger partial charge in [0.25, 0.3) is 0 Å². The highest BCUT2D eigenvalue weighted by molar-refractivity contribution is 7.80. The van der Waals surface area contributed by atoms with Crippen LogP contribution < -0.4 is 5.73 Å². The predicted octanol–water partition coefficient (Wildman–Crippen LogP) is 2.85. The molecule has 2 rings (SSSR count). The number of allylic oxidation sites excluding steroid dienone is 2. The van der Waals surface area contributed by atoms with Crippen molar-refractivity contribution in [3.8, 4) is 0 Å².